The van der Waals surface area contributed by atoms with Gasteiger partial charge in [0.25, 0.3) is 5.91 Å². The molecule has 0 aliphatic carbocycles. The standard InChI is InChI=1S/C14H18N6O4/c1-5-18-11(15)8-6(12(16)23)3-20(13(8)19-5)14-10(22)9(17-2)7(4-21)24-14/h3,7,9-10,14,21-22H,2,4H2,1H3,(H2,16,23)(H2,15,18,19)/t7-,9-,10-,14-/m1/s1. The topological polar surface area (TPSA) is 162 Å². The fourth-order valence-corrected chi connectivity index (χ4v) is 3.01. The highest BCUT2D eigenvalue weighted by molar-refractivity contribution is 6.08. The highest BCUT2D eigenvalue weighted by Crippen LogP contribution is 2.35. The lowest BCUT2D eigenvalue weighted by Gasteiger charge is -2.17. The van der Waals surface area contributed by atoms with Crippen molar-refractivity contribution in [1.29, 1.82) is 0 Å². The summed E-state index contributed by atoms with van der Waals surface area (Å²) in [5.74, 6) is -0.211. The van der Waals surface area contributed by atoms with Crippen molar-refractivity contribution in [3.8, 4) is 0 Å². The van der Waals surface area contributed by atoms with Crippen molar-refractivity contribution >= 4 is 29.5 Å². The summed E-state index contributed by atoms with van der Waals surface area (Å²) in [6.07, 6.45) is -1.34. The molecule has 0 bridgehead atoms. The van der Waals surface area contributed by atoms with E-state index in [9.17, 15) is 15.0 Å². The van der Waals surface area contributed by atoms with Crippen LogP contribution in [0.25, 0.3) is 11.0 Å². The fourth-order valence-electron chi connectivity index (χ4n) is 3.01. The number of aliphatic hydroxyl groups is 2. The van der Waals surface area contributed by atoms with Crippen LogP contribution < -0.4 is 11.5 Å². The Kier molecular flexibility index (Phi) is 3.95. The van der Waals surface area contributed by atoms with E-state index in [0.29, 0.717) is 16.9 Å². The molecule has 1 amide bonds. The Morgan fingerprint density at radius 1 is 1.54 bits per heavy atom. The molecule has 0 unspecified atom stereocenters. The molecule has 24 heavy (non-hydrogen) atoms. The first kappa shape index (κ1) is 16.3. The third-order valence-corrected chi connectivity index (χ3v) is 4.08. The number of nitrogen functional groups attached to an aromatic ring is 1. The molecule has 1 aliphatic heterocycles. The first-order valence-electron chi connectivity index (χ1n) is 7.23. The van der Waals surface area contributed by atoms with Gasteiger partial charge in [-0.25, -0.2) is 9.97 Å². The number of fused-ring (bicyclic) bond motifs is 1. The number of aromatic nitrogens is 3. The molecule has 6 N–H and O–H groups in total. The van der Waals surface area contributed by atoms with Gasteiger partial charge in [-0.1, -0.05) is 0 Å². The van der Waals surface area contributed by atoms with Crippen molar-refractivity contribution in [2.45, 2.75) is 31.4 Å². The Labute approximate surface area is 136 Å². The summed E-state index contributed by atoms with van der Waals surface area (Å²) in [6, 6.07) is -0.713. The molecule has 0 radical (unpaired) electrons. The number of aryl methyl sites for hydroxylation is 1. The Morgan fingerprint density at radius 2 is 2.25 bits per heavy atom. The van der Waals surface area contributed by atoms with E-state index in [1.54, 1.807) is 6.92 Å². The van der Waals surface area contributed by atoms with E-state index in [2.05, 4.69) is 21.7 Å². The van der Waals surface area contributed by atoms with Crippen molar-refractivity contribution in [1.82, 2.24) is 14.5 Å². The second kappa shape index (κ2) is 5.82. The molecule has 1 saturated heterocycles. The lowest BCUT2D eigenvalue weighted by atomic mass is 10.1. The van der Waals surface area contributed by atoms with E-state index in [1.807, 2.05) is 0 Å². The summed E-state index contributed by atoms with van der Waals surface area (Å²) >= 11 is 0. The van der Waals surface area contributed by atoms with Gasteiger partial charge in [0.2, 0.25) is 0 Å². The summed E-state index contributed by atoms with van der Waals surface area (Å²) in [5.41, 5.74) is 11.7. The zero-order valence-corrected chi connectivity index (χ0v) is 13.0. The first-order valence-corrected chi connectivity index (χ1v) is 7.23. The van der Waals surface area contributed by atoms with E-state index in [-0.39, 0.29) is 18.0 Å². The van der Waals surface area contributed by atoms with Gasteiger partial charge in [-0.3, -0.25) is 9.79 Å². The van der Waals surface area contributed by atoms with Crippen LogP contribution >= 0.6 is 0 Å². The quantitative estimate of drug-likeness (QED) is 0.507. The number of anilines is 1. The molecular formula is C14H18N6O4. The number of primary amides is 1. The second-order valence-corrected chi connectivity index (χ2v) is 5.58. The van der Waals surface area contributed by atoms with Crippen molar-refractivity contribution in [3.63, 3.8) is 0 Å². The second-order valence-electron chi connectivity index (χ2n) is 5.58. The number of aliphatic hydroxyl groups excluding tert-OH is 2. The third-order valence-electron chi connectivity index (χ3n) is 4.08. The van der Waals surface area contributed by atoms with Gasteiger partial charge in [-0.05, 0) is 13.6 Å². The number of nitrogens with two attached hydrogens (primary N) is 2. The van der Waals surface area contributed by atoms with Crippen LogP contribution in [0.2, 0.25) is 0 Å². The minimum atomic E-state index is -1.09. The van der Waals surface area contributed by atoms with Gasteiger partial charge in [-0.15, -0.1) is 0 Å². The number of hydrogen-bond acceptors (Lipinski definition) is 8. The molecule has 2 aromatic heterocycles. The van der Waals surface area contributed by atoms with Crippen LogP contribution in [-0.4, -0.2) is 62.2 Å². The highest BCUT2D eigenvalue weighted by Gasteiger charge is 2.44. The third kappa shape index (κ3) is 2.31. The van der Waals surface area contributed by atoms with E-state index >= 15 is 0 Å². The minimum absolute atomic E-state index is 0.106. The monoisotopic (exact) mass is 334 g/mol. The Morgan fingerprint density at radius 3 is 2.79 bits per heavy atom. The number of carbonyl (C=O) groups excluding carboxylic acids is 1. The number of nitrogens with zero attached hydrogens (tertiary/aromatic N) is 4. The van der Waals surface area contributed by atoms with Gasteiger partial charge < -0.3 is 31.0 Å². The fraction of sp³-hybridized carbons (Fsp3) is 0.429. The lowest BCUT2D eigenvalue weighted by Crippen LogP contribution is -2.31. The summed E-state index contributed by atoms with van der Waals surface area (Å²) in [5, 5.41) is 20.2. The van der Waals surface area contributed by atoms with Crippen LogP contribution in [-0.2, 0) is 4.74 Å². The summed E-state index contributed by atoms with van der Waals surface area (Å²) in [6.45, 7) is 4.72. The number of carbonyl (C=O) groups is 1. The smallest absolute Gasteiger partial charge is 0.251 e. The predicted octanol–water partition coefficient (Wildman–Crippen LogP) is -1.26. The number of amides is 1. The Bertz CT molecular complexity index is 819. The highest BCUT2D eigenvalue weighted by atomic mass is 16.5. The van der Waals surface area contributed by atoms with Gasteiger partial charge >= 0.3 is 0 Å². The molecular weight excluding hydrogens is 316 g/mol. The minimum Gasteiger partial charge on any atom is -0.394 e. The maximum absolute atomic E-state index is 11.7. The molecule has 3 rings (SSSR count). The summed E-state index contributed by atoms with van der Waals surface area (Å²) < 4.78 is 7.13. The number of hydrogen-bond donors (Lipinski definition) is 4. The molecule has 128 valence electrons. The molecule has 0 saturated carbocycles. The number of aliphatic imine (C=N–C) groups is 1. The average Bonchev–Trinajstić information content (AvgIpc) is 3.04. The summed E-state index contributed by atoms with van der Waals surface area (Å²) in [7, 11) is 0. The Balaban J connectivity index is 2.20. The van der Waals surface area contributed by atoms with Crippen LogP contribution in [0.1, 0.15) is 22.4 Å². The number of rotatable bonds is 4. The van der Waals surface area contributed by atoms with E-state index in [4.69, 9.17) is 16.2 Å². The van der Waals surface area contributed by atoms with Crippen LogP contribution in [0.5, 0.6) is 0 Å². The van der Waals surface area contributed by atoms with Gasteiger partial charge in [-0.2, -0.15) is 0 Å². The van der Waals surface area contributed by atoms with Crippen molar-refractivity contribution < 1.29 is 19.7 Å². The van der Waals surface area contributed by atoms with Crippen LogP contribution in [0, 0.1) is 6.92 Å². The maximum Gasteiger partial charge on any atom is 0.251 e. The van der Waals surface area contributed by atoms with Crippen molar-refractivity contribution in [2.75, 3.05) is 12.3 Å². The molecule has 3 heterocycles. The normalized spacial score (nSPS) is 26.8. The SMILES string of the molecule is C=N[C@H]1[C@@H](O)[C@H](n2cc(C(N)=O)c3c(N)nc(C)nc32)O[C@@H]1CO. The van der Waals surface area contributed by atoms with Gasteiger partial charge in [0.05, 0.1) is 17.6 Å². The lowest BCUT2D eigenvalue weighted by molar-refractivity contribution is -0.0486. The van der Waals surface area contributed by atoms with Gasteiger partial charge in [0.15, 0.2) is 6.23 Å². The van der Waals surface area contributed by atoms with E-state index in [1.165, 1.54) is 10.8 Å². The molecule has 0 aromatic carbocycles. The molecule has 10 heteroatoms. The molecule has 10 nitrogen and oxygen atoms in total. The number of ether oxygens (including phenoxy) is 1. The molecule has 1 fully saturated rings. The maximum atomic E-state index is 11.7. The van der Waals surface area contributed by atoms with Crippen LogP contribution in [0.3, 0.4) is 0 Å². The molecule has 4 atom stereocenters. The zero-order valence-electron chi connectivity index (χ0n) is 13.0. The van der Waals surface area contributed by atoms with E-state index in [0.717, 1.165) is 0 Å². The predicted molar refractivity (Wildman–Crippen MR) is 85.5 cm³/mol. The van der Waals surface area contributed by atoms with Crippen LogP contribution in [0.15, 0.2) is 11.2 Å². The molecule has 2 aromatic rings. The van der Waals surface area contributed by atoms with Crippen LogP contribution in [0.4, 0.5) is 5.82 Å². The average molecular weight is 334 g/mol. The van der Waals surface area contributed by atoms with Crippen molar-refractivity contribution in [2.24, 2.45) is 10.7 Å². The largest absolute Gasteiger partial charge is 0.394 e. The van der Waals surface area contributed by atoms with Gasteiger partial charge in [0.1, 0.15) is 35.5 Å². The molecule has 1 aliphatic rings. The zero-order chi connectivity index (χ0) is 17.6. The first-order chi connectivity index (χ1) is 11.4. The van der Waals surface area contributed by atoms with E-state index < -0.39 is 30.4 Å². The van der Waals surface area contributed by atoms with Gasteiger partial charge in [0, 0.05) is 6.20 Å². The van der Waals surface area contributed by atoms with Crippen molar-refractivity contribution in [3.05, 3.63) is 17.6 Å². The Hall–Kier alpha value is -2.56. The molecule has 0 spiro atoms. The summed E-state index contributed by atoms with van der Waals surface area (Å²) in [4.78, 5) is 23.9.